The van der Waals surface area contributed by atoms with Gasteiger partial charge in [0.05, 0.1) is 11.8 Å². The van der Waals surface area contributed by atoms with Gasteiger partial charge in [-0.1, -0.05) is 24.3 Å². The van der Waals surface area contributed by atoms with Crippen LogP contribution in [0.4, 0.5) is 0 Å². The lowest BCUT2D eigenvalue weighted by Crippen LogP contribution is -2.17. The average molecular weight is 359 g/mol. The minimum atomic E-state index is -0.274. The van der Waals surface area contributed by atoms with Crippen molar-refractivity contribution in [1.82, 2.24) is 9.99 Å². The summed E-state index contributed by atoms with van der Waals surface area (Å²) in [5.74, 6) is 1.03. The standard InChI is InChI=1S/C22H21N3O2/c1-4-25-20-8-6-5-7-17(20)19-12-16(9-10-21(19)25)13-23-24-22(26)18-11-14(2)27-15(18)3/h5-13H,4H2,1-3H3,(H,24,26)/b23-13-. The molecule has 1 N–H and O–H groups in total. The molecule has 0 saturated heterocycles. The van der Waals surface area contributed by atoms with Gasteiger partial charge in [0.15, 0.2) is 0 Å². The summed E-state index contributed by atoms with van der Waals surface area (Å²) in [5, 5.41) is 6.51. The van der Waals surface area contributed by atoms with Crippen LogP contribution in [0.15, 0.2) is 58.0 Å². The predicted molar refractivity (Wildman–Crippen MR) is 108 cm³/mol. The molecule has 0 radical (unpaired) electrons. The number of furan rings is 1. The maximum atomic E-state index is 12.2. The molecule has 0 aliphatic carbocycles. The first-order valence-corrected chi connectivity index (χ1v) is 9.00. The van der Waals surface area contributed by atoms with E-state index in [2.05, 4.69) is 58.4 Å². The molecule has 5 nitrogen and oxygen atoms in total. The number of hydrogen-bond acceptors (Lipinski definition) is 3. The molecule has 4 aromatic rings. The monoisotopic (exact) mass is 359 g/mol. The van der Waals surface area contributed by atoms with Crippen LogP contribution in [0, 0.1) is 13.8 Å². The number of hydrazone groups is 1. The maximum absolute atomic E-state index is 12.2. The highest BCUT2D eigenvalue weighted by atomic mass is 16.3. The van der Waals surface area contributed by atoms with E-state index in [4.69, 9.17) is 4.42 Å². The third-order valence-electron chi connectivity index (χ3n) is 4.78. The number of rotatable bonds is 4. The van der Waals surface area contributed by atoms with Crippen molar-refractivity contribution in [3.8, 4) is 0 Å². The summed E-state index contributed by atoms with van der Waals surface area (Å²) in [6.45, 7) is 6.64. The second-order valence-electron chi connectivity index (χ2n) is 6.56. The van der Waals surface area contributed by atoms with Crippen molar-refractivity contribution in [3.05, 3.63) is 71.2 Å². The van der Waals surface area contributed by atoms with Crippen LogP contribution in [0.25, 0.3) is 21.8 Å². The Morgan fingerprint density at radius 3 is 2.63 bits per heavy atom. The van der Waals surface area contributed by atoms with E-state index >= 15 is 0 Å². The van der Waals surface area contributed by atoms with Crippen LogP contribution in [0.5, 0.6) is 0 Å². The van der Waals surface area contributed by atoms with E-state index in [1.54, 1.807) is 19.2 Å². The van der Waals surface area contributed by atoms with Gasteiger partial charge in [-0.3, -0.25) is 4.79 Å². The summed E-state index contributed by atoms with van der Waals surface area (Å²) in [6.07, 6.45) is 1.66. The second kappa shape index (κ2) is 6.76. The number of amides is 1. The topological polar surface area (TPSA) is 59.5 Å². The summed E-state index contributed by atoms with van der Waals surface area (Å²) in [7, 11) is 0. The molecule has 1 amide bonds. The Morgan fingerprint density at radius 2 is 1.89 bits per heavy atom. The highest BCUT2D eigenvalue weighted by Crippen LogP contribution is 2.29. The van der Waals surface area contributed by atoms with Gasteiger partial charge in [-0.15, -0.1) is 0 Å². The van der Waals surface area contributed by atoms with Crippen molar-refractivity contribution in [1.29, 1.82) is 0 Å². The Balaban J connectivity index is 1.63. The lowest BCUT2D eigenvalue weighted by molar-refractivity contribution is 0.0953. The lowest BCUT2D eigenvalue weighted by atomic mass is 10.1. The zero-order chi connectivity index (χ0) is 19.0. The van der Waals surface area contributed by atoms with Crippen molar-refractivity contribution >= 4 is 33.9 Å². The normalized spacial score (nSPS) is 11.7. The molecule has 136 valence electrons. The molecular weight excluding hydrogens is 338 g/mol. The number of hydrogen-bond donors (Lipinski definition) is 1. The van der Waals surface area contributed by atoms with Crippen LogP contribution < -0.4 is 5.43 Å². The molecule has 0 fully saturated rings. The summed E-state index contributed by atoms with van der Waals surface area (Å²) in [4.78, 5) is 12.2. The van der Waals surface area contributed by atoms with E-state index in [-0.39, 0.29) is 5.91 Å². The summed E-state index contributed by atoms with van der Waals surface area (Å²) in [6, 6.07) is 16.3. The molecule has 0 aliphatic heterocycles. The molecule has 2 heterocycles. The number of carbonyl (C=O) groups is 1. The summed E-state index contributed by atoms with van der Waals surface area (Å²) in [5.41, 5.74) is 6.43. The average Bonchev–Trinajstić information content (AvgIpc) is 3.17. The van der Waals surface area contributed by atoms with Gasteiger partial charge in [0.2, 0.25) is 0 Å². The predicted octanol–water partition coefficient (Wildman–Crippen LogP) is 4.79. The number of nitrogens with one attached hydrogen (secondary N) is 1. The first-order valence-electron chi connectivity index (χ1n) is 9.00. The Bertz CT molecular complexity index is 1180. The Hall–Kier alpha value is -3.34. The smallest absolute Gasteiger partial charge is 0.274 e. The van der Waals surface area contributed by atoms with Gasteiger partial charge >= 0.3 is 0 Å². The SMILES string of the molecule is CCn1c2ccccc2c2cc(/C=N\NC(=O)c3cc(C)oc3C)ccc21. The van der Waals surface area contributed by atoms with Gasteiger partial charge in [-0.2, -0.15) is 5.10 Å². The van der Waals surface area contributed by atoms with Gasteiger partial charge < -0.3 is 8.98 Å². The van der Waals surface area contributed by atoms with E-state index in [1.165, 1.54) is 21.8 Å². The zero-order valence-electron chi connectivity index (χ0n) is 15.6. The van der Waals surface area contributed by atoms with Crippen molar-refractivity contribution in [2.75, 3.05) is 0 Å². The second-order valence-corrected chi connectivity index (χ2v) is 6.56. The summed E-state index contributed by atoms with van der Waals surface area (Å²) >= 11 is 0. The number of aryl methyl sites for hydroxylation is 3. The molecule has 2 aromatic carbocycles. The molecule has 0 spiro atoms. The molecule has 0 atom stereocenters. The molecule has 27 heavy (non-hydrogen) atoms. The zero-order valence-corrected chi connectivity index (χ0v) is 15.6. The first kappa shape index (κ1) is 17.1. The van der Waals surface area contributed by atoms with Crippen LogP contribution in [0.2, 0.25) is 0 Å². The fraction of sp³-hybridized carbons (Fsp3) is 0.182. The van der Waals surface area contributed by atoms with Crippen LogP contribution in [-0.4, -0.2) is 16.7 Å². The van der Waals surface area contributed by atoms with Crippen molar-refractivity contribution in [2.45, 2.75) is 27.3 Å². The third-order valence-corrected chi connectivity index (χ3v) is 4.78. The van der Waals surface area contributed by atoms with Crippen molar-refractivity contribution in [2.24, 2.45) is 5.10 Å². The van der Waals surface area contributed by atoms with Crippen LogP contribution in [0.1, 0.15) is 34.4 Å². The van der Waals surface area contributed by atoms with Crippen molar-refractivity contribution < 1.29 is 9.21 Å². The number of fused-ring (bicyclic) bond motifs is 3. The van der Waals surface area contributed by atoms with Crippen LogP contribution >= 0.6 is 0 Å². The highest BCUT2D eigenvalue weighted by Gasteiger charge is 2.12. The highest BCUT2D eigenvalue weighted by molar-refractivity contribution is 6.09. The minimum Gasteiger partial charge on any atom is -0.466 e. The lowest BCUT2D eigenvalue weighted by Gasteiger charge is -2.02. The largest absolute Gasteiger partial charge is 0.466 e. The molecule has 2 aromatic heterocycles. The molecule has 0 unspecified atom stereocenters. The van der Waals surface area contributed by atoms with Gasteiger partial charge in [0.25, 0.3) is 5.91 Å². The number of nitrogens with zero attached hydrogens (tertiary/aromatic N) is 2. The number of aromatic nitrogens is 1. The molecule has 4 rings (SSSR count). The van der Waals surface area contributed by atoms with Gasteiger partial charge in [0, 0.05) is 28.4 Å². The molecule has 0 aliphatic rings. The van der Waals surface area contributed by atoms with Gasteiger partial charge in [-0.25, -0.2) is 5.43 Å². The summed E-state index contributed by atoms with van der Waals surface area (Å²) < 4.78 is 7.69. The fourth-order valence-corrected chi connectivity index (χ4v) is 3.57. The maximum Gasteiger partial charge on any atom is 0.274 e. The Labute approximate surface area is 157 Å². The van der Waals surface area contributed by atoms with Gasteiger partial charge in [0.1, 0.15) is 11.5 Å². The van der Waals surface area contributed by atoms with E-state index in [0.29, 0.717) is 17.1 Å². The number of benzene rings is 2. The fourth-order valence-electron chi connectivity index (χ4n) is 3.57. The Kier molecular flexibility index (Phi) is 4.28. The van der Waals surface area contributed by atoms with Crippen LogP contribution in [0.3, 0.4) is 0 Å². The first-order chi connectivity index (χ1) is 13.1. The minimum absolute atomic E-state index is 0.274. The quantitative estimate of drug-likeness (QED) is 0.421. The molecule has 0 bridgehead atoms. The van der Waals surface area contributed by atoms with E-state index in [9.17, 15) is 4.79 Å². The van der Waals surface area contributed by atoms with Gasteiger partial charge in [-0.05, 0) is 50.6 Å². The van der Waals surface area contributed by atoms with Crippen LogP contribution in [-0.2, 0) is 6.54 Å². The van der Waals surface area contributed by atoms with E-state index in [1.807, 2.05) is 13.0 Å². The van der Waals surface area contributed by atoms with E-state index in [0.717, 1.165) is 12.1 Å². The molecular formula is C22H21N3O2. The number of carbonyl (C=O) groups excluding carboxylic acids is 1. The van der Waals surface area contributed by atoms with Crippen molar-refractivity contribution in [3.63, 3.8) is 0 Å². The third kappa shape index (κ3) is 3.01. The molecule has 0 saturated carbocycles. The molecule has 5 heteroatoms. The Morgan fingerprint density at radius 1 is 1.11 bits per heavy atom. The van der Waals surface area contributed by atoms with E-state index < -0.39 is 0 Å². The number of para-hydroxylation sites is 1.